The fourth-order valence-electron chi connectivity index (χ4n) is 3.72. The maximum absolute atomic E-state index is 12.6. The second-order valence-corrected chi connectivity index (χ2v) is 8.25. The Morgan fingerprint density at radius 1 is 1.20 bits per heavy atom. The normalized spacial score (nSPS) is 12.5. The molecule has 0 radical (unpaired) electrons. The minimum absolute atomic E-state index is 0.0390. The molecule has 0 spiro atoms. The van der Waals surface area contributed by atoms with Crippen LogP contribution < -0.4 is 10.6 Å². The first-order valence-corrected chi connectivity index (χ1v) is 11.0. The Bertz CT molecular complexity index is 1350. The lowest BCUT2D eigenvalue weighted by Gasteiger charge is -2.13. The zero-order valence-corrected chi connectivity index (χ0v) is 19.2. The summed E-state index contributed by atoms with van der Waals surface area (Å²) in [5.74, 6) is -1.24. The molecule has 10 nitrogen and oxygen atoms in total. The molecule has 35 heavy (non-hydrogen) atoms. The van der Waals surface area contributed by atoms with Gasteiger partial charge in [0, 0.05) is 23.5 Å². The van der Waals surface area contributed by atoms with E-state index in [1.165, 1.54) is 12.1 Å². The van der Waals surface area contributed by atoms with E-state index < -0.39 is 23.4 Å². The second-order valence-electron chi connectivity index (χ2n) is 8.25. The highest BCUT2D eigenvalue weighted by Gasteiger charge is 2.26. The van der Waals surface area contributed by atoms with Crippen molar-refractivity contribution in [1.29, 1.82) is 5.26 Å². The van der Waals surface area contributed by atoms with Crippen molar-refractivity contribution in [2.45, 2.75) is 32.7 Å². The maximum atomic E-state index is 12.6. The van der Waals surface area contributed by atoms with Crippen LogP contribution in [0.1, 0.15) is 40.0 Å². The molecule has 1 heterocycles. The summed E-state index contributed by atoms with van der Waals surface area (Å²) in [4.78, 5) is 36.0. The number of hydrogen-bond donors (Lipinski definition) is 2. The van der Waals surface area contributed by atoms with Gasteiger partial charge in [0.15, 0.2) is 6.61 Å². The summed E-state index contributed by atoms with van der Waals surface area (Å²) in [5.41, 5.74) is 2.63. The molecule has 1 fully saturated rings. The molecule has 0 atom stereocenters. The van der Waals surface area contributed by atoms with Crippen molar-refractivity contribution < 1.29 is 19.2 Å². The molecular weight excluding hydrogens is 450 g/mol. The predicted molar refractivity (Wildman–Crippen MR) is 129 cm³/mol. The van der Waals surface area contributed by atoms with Crippen LogP contribution >= 0.6 is 0 Å². The number of nitro benzene ring substituents is 1. The Hall–Kier alpha value is -4.65. The van der Waals surface area contributed by atoms with E-state index in [1.54, 1.807) is 11.5 Å². The largest absolute Gasteiger partial charge is 0.452 e. The second kappa shape index (κ2) is 9.69. The van der Waals surface area contributed by atoms with Crippen LogP contribution in [0.4, 0.5) is 17.2 Å². The zero-order chi connectivity index (χ0) is 25.1. The standard InChI is InChI=1S/C25H23N5O5/c1-15-16(2)29(19-6-4-3-5-7-19)24(20(15)13-26)28-23(31)14-35-25(32)17-8-11-21(27-18-9-10-18)22(12-17)30(33)34/h3-8,11-12,18,27H,9-10,14H2,1-2H3,(H,28,31). The Morgan fingerprint density at radius 3 is 2.54 bits per heavy atom. The zero-order valence-electron chi connectivity index (χ0n) is 19.2. The molecule has 1 aromatic heterocycles. The van der Waals surface area contributed by atoms with Gasteiger partial charge >= 0.3 is 5.97 Å². The third-order valence-corrected chi connectivity index (χ3v) is 5.80. The number of ether oxygens (including phenoxy) is 1. The topological polar surface area (TPSA) is 139 Å². The SMILES string of the molecule is Cc1c(C#N)c(NC(=O)COC(=O)c2ccc(NC3CC3)c([N+](=O)[O-])c2)n(-c2ccccc2)c1C. The van der Waals surface area contributed by atoms with E-state index in [4.69, 9.17) is 4.74 Å². The number of carbonyl (C=O) groups excluding carboxylic acids is 2. The summed E-state index contributed by atoms with van der Waals surface area (Å²) in [5, 5.41) is 26.8. The third kappa shape index (κ3) is 4.99. The lowest BCUT2D eigenvalue weighted by atomic mass is 10.1. The van der Waals surface area contributed by atoms with E-state index in [0.29, 0.717) is 11.3 Å². The fourth-order valence-corrected chi connectivity index (χ4v) is 3.72. The van der Waals surface area contributed by atoms with Crippen LogP contribution in [-0.4, -0.2) is 34.0 Å². The number of aromatic nitrogens is 1. The Labute approximate surface area is 201 Å². The first-order valence-electron chi connectivity index (χ1n) is 11.0. The van der Waals surface area contributed by atoms with E-state index in [-0.39, 0.29) is 23.1 Å². The van der Waals surface area contributed by atoms with E-state index in [1.807, 2.05) is 37.3 Å². The molecule has 1 aliphatic rings. The van der Waals surface area contributed by atoms with Crippen molar-refractivity contribution in [2.75, 3.05) is 17.2 Å². The third-order valence-electron chi connectivity index (χ3n) is 5.80. The number of amides is 1. The molecule has 2 aromatic carbocycles. The van der Waals surface area contributed by atoms with Crippen LogP contribution in [0.5, 0.6) is 0 Å². The van der Waals surface area contributed by atoms with Gasteiger partial charge < -0.3 is 15.4 Å². The van der Waals surface area contributed by atoms with Gasteiger partial charge in [0.25, 0.3) is 11.6 Å². The van der Waals surface area contributed by atoms with Gasteiger partial charge in [-0.1, -0.05) is 18.2 Å². The van der Waals surface area contributed by atoms with E-state index in [0.717, 1.165) is 35.9 Å². The van der Waals surface area contributed by atoms with Crippen molar-refractivity contribution in [2.24, 2.45) is 0 Å². The Balaban J connectivity index is 1.49. The maximum Gasteiger partial charge on any atom is 0.338 e. The minimum Gasteiger partial charge on any atom is -0.452 e. The Morgan fingerprint density at radius 2 is 1.91 bits per heavy atom. The first kappa shape index (κ1) is 23.5. The van der Waals surface area contributed by atoms with Gasteiger partial charge in [0.1, 0.15) is 17.6 Å². The molecule has 1 saturated carbocycles. The monoisotopic (exact) mass is 473 g/mol. The van der Waals surface area contributed by atoms with Crippen molar-refractivity contribution >= 4 is 29.1 Å². The number of nitrogens with zero attached hydrogens (tertiary/aromatic N) is 3. The van der Waals surface area contributed by atoms with Crippen molar-refractivity contribution in [3.8, 4) is 11.8 Å². The quantitative estimate of drug-likeness (QED) is 0.283. The van der Waals surface area contributed by atoms with Crippen molar-refractivity contribution in [1.82, 2.24) is 4.57 Å². The van der Waals surface area contributed by atoms with Gasteiger partial charge in [-0.05, 0) is 56.5 Å². The summed E-state index contributed by atoms with van der Waals surface area (Å²) in [7, 11) is 0. The van der Waals surface area contributed by atoms with Crippen LogP contribution in [0.3, 0.4) is 0 Å². The average Bonchev–Trinajstić information content (AvgIpc) is 3.63. The molecule has 178 valence electrons. The van der Waals surface area contributed by atoms with Crippen molar-refractivity contribution in [3.05, 3.63) is 81.0 Å². The molecule has 0 aliphatic heterocycles. The molecule has 4 rings (SSSR count). The lowest BCUT2D eigenvalue weighted by molar-refractivity contribution is -0.384. The number of nitriles is 1. The predicted octanol–water partition coefficient (Wildman–Crippen LogP) is 4.24. The molecule has 1 amide bonds. The summed E-state index contributed by atoms with van der Waals surface area (Å²) in [6.45, 7) is 3.00. The molecule has 0 saturated heterocycles. The van der Waals surface area contributed by atoms with Gasteiger partial charge in [-0.2, -0.15) is 5.26 Å². The average molecular weight is 473 g/mol. The molecule has 0 unspecified atom stereocenters. The number of carbonyl (C=O) groups is 2. The van der Waals surface area contributed by atoms with Gasteiger partial charge in [0.2, 0.25) is 0 Å². The highest BCUT2D eigenvalue weighted by atomic mass is 16.6. The smallest absolute Gasteiger partial charge is 0.338 e. The number of para-hydroxylation sites is 1. The molecule has 0 bridgehead atoms. The fraction of sp³-hybridized carbons (Fsp3) is 0.240. The van der Waals surface area contributed by atoms with Crippen LogP contribution in [0, 0.1) is 35.3 Å². The molecular formula is C25H23N5O5. The number of rotatable bonds is 8. The van der Waals surface area contributed by atoms with Crippen LogP contribution in [0.25, 0.3) is 5.69 Å². The van der Waals surface area contributed by atoms with Gasteiger partial charge in [-0.15, -0.1) is 0 Å². The van der Waals surface area contributed by atoms with Crippen LogP contribution in [-0.2, 0) is 9.53 Å². The number of anilines is 2. The van der Waals surface area contributed by atoms with Gasteiger partial charge in [0.05, 0.1) is 16.1 Å². The molecule has 2 N–H and O–H groups in total. The molecule has 10 heteroatoms. The van der Waals surface area contributed by atoms with Crippen LogP contribution in [0.2, 0.25) is 0 Å². The number of nitro groups is 1. The summed E-state index contributed by atoms with van der Waals surface area (Å²) < 4.78 is 6.85. The van der Waals surface area contributed by atoms with E-state index in [2.05, 4.69) is 16.7 Å². The number of nitrogens with one attached hydrogen (secondary N) is 2. The minimum atomic E-state index is -0.868. The van der Waals surface area contributed by atoms with E-state index >= 15 is 0 Å². The number of benzene rings is 2. The van der Waals surface area contributed by atoms with Crippen LogP contribution in [0.15, 0.2) is 48.5 Å². The van der Waals surface area contributed by atoms with Gasteiger partial charge in [-0.25, -0.2) is 4.79 Å². The molecule has 3 aromatic rings. The van der Waals surface area contributed by atoms with Crippen molar-refractivity contribution in [3.63, 3.8) is 0 Å². The number of esters is 1. The summed E-state index contributed by atoms with van der Waals surface area (Å²) in [6, 6.07) is 15.6. The first-order chi connectivity index (χ1) is 16.8. The summed E-state index contributed by atoms with van der Waals surface area (Å²) >= 11 is 0. The highest BCUT2D eigenvalue weighted by Crippen LogP contribution is 2.32. The van der Waals surface area contributed by atoms with E-state index in [9.17, 15) is 25.0 Å². The highest BCUT2D eigenvalue weighted by molar-refractivity contribution is 5.97. The Kier molecular flexibility index (Phi) is 6.51. The summed E-state index contributed by atoms with van der Waals surface area (Å²) in [6.07, 6.45) is 1.88. The molecule has 1 aliphatic carbocycles. The van der Waals surface area contributed by atoms with Gasteiger partial charge in [-0.3, -0.25) is 19.5 Å². The number of hydrogen-bond acceptors (Lipinski definition) is 7. The lowest BCUT2D eigenvalue weighted by Crippen LogP contribution is -2.23.